The molecule has 0 radical (unpaired) electrons. The number of nitrogens with one attached hydrogen (secondary N) is 1. The van der Waals surface area contributed by atoms with Gasteiger partial charge in [-0.2, -0.15) is 0 Å². The molecule has 0 aliphatic rings. The Hall–Kier alpha value is -0.910. The summed E-state index contributed by atoms with van der Waals surface area (Å²) in [5.74, 6) is -0.946. The van der Waals surface area contributed by atoms with Gasteiger partial charge in [0.05, 0.1) is 5.69 Å². The van der Waals surface area contributed by atoms with E-state index in [0.717, 1.165) is 0 Å². The van der Waals surface area contributed by atoms with Crippen molar-refractivity contribution in [3.63, 3.8) is 0 Å². The van der Waals surface area contributed by atoms with Gasteiger partial charge in [-0.15, -0.1) is 0 Å². The van der Waals surface area contributed by atoms with E-state index >= 15 is 0 Å². The Morgan fingerprint density at radius 2 is 1.95 bits per heavy atom. The van der Waals surface area contributed by atoms with Crippen molar-refractivity contribution < 1.29 is 9.18 Å². The monoisotopic (exact) mass is 405 g/mol. The molecule has 19 heavy (non-hydrogen) atoms. The molecule has 2 nitrogen and oxygen atoms in total. The summed E-state index contributed by atoms with van der Waals surface area (Å²) in [6, 6.07) is 9.25. The van der Waals surface area contributed by atoms with Gasteiger partial charge in [0.15, 0.2) is 0 Å². The van der Waals surface area contributed by atoms with Crippen LogP contribution >= 0.6 is 43.5 Å². The highest BCUT2D eigenvalue weighted by Crippen LogP contribution is 2.26. The lowest BCUT2D eigenvalue weighted by molar-refractivity contribution is 0.102. The Labute approximate surface area is 131 Å². The summed E-state index contributed by atoms with van der Waals surface area (Å²) < 4.78 is 14.8. The lowest BCUT2D eigenvalue weighted by Crippen LogP contribution is -2.13. The molecular formula is C13H7Br2ClFNO. The predicted molar refractivity (Wildman–Crippen MR) is 81.2 cm³/mol. The fraction of sp³-hybridized carbons (Fsp3) is 0. The van der Waals surface area contributed by atoms with Crippen molar-refractivity contribution in [2.45, 2.75) is 0 Å². The quantitative estimate of drug-likeness (QED) is 0.723. The van der Waals surface area contributed by atoms with Gasteiger partial charge in [0.2, 0.25) is 0 Å². The van der Waals surface area contributed by atoms with Crippen molar-refractivity contribution in [1.82, 2.24) is 0 Å². The number of hydrogen-bond acceptors (Lipinski definition) is 1. The lowest BCUT2D eigenvalue weighted by Gasteiger charge is -2.09. The van der Waals surface area contributed by atoms with Crippen LogP contribution < -0.4 is 5.32 Å². The van der Waals surface area contributed by atoms with Gasteiger partial charge in [-0.25, -0.2) is 4.39 Å². The third-order valence-electron chi connectivity index (χ3n) is 2.33. The highest BCUT2D eigenvalue weighted by molar-refractivity contribution is 9.10. The van der Waals surface area contributed by atoms with Crippen molar-refractivity contribution >= 4 is 55.1 Å². The Kier molecular flexibility index (Phi) is 4.60. The second-order valence-electron chi connectivity index (χ2n) is 3.71. The minimum Gasteiger partial charge on any atom is -0.319 e. The molecular weight excluding hydrogens is 400 g/mol. The number of benzene rings is 2. The fourth-order valence-electron chi connectivity index (χ4n) is 1.49. The molecule has 2 aromatic carbocycles. The molecule has 0 saturated carbocycles. The van der Waals surface area contributed by atoms with Crippen LogP contribution in [0.2, 0.25) is 5.02 Å². The molecule has 2 rings (SSSR count). The van der Waals surface area contributed by atoms with Crippen molar-refractivity contribution in [1.29, 1.82) is 0 Å². The number of hydrogen-bond donors (Lipinski definition) is 1. The number of para-hydroxylation sites is 1. The van der Waals surface area contributed by atoms with Gasteiger partial charge >= 0.3 is 0 Å². The first-order chi connectivity index (χ1) is 8.97. The summed E-state index contributed by atoms with van der Waals surface area (Å²) in [7, 11) is 0. The molecule has 0 saturated heterocycles. The molecule has 98 valence electrons. The van der Waals surface area contributed by atoms with E-state index in [1.807, 2.05) is 0 Å². The average molecular weight is 407 g/mol. The largest absolute Gasteiger partial charge is 0.319 e. The maximum atomic E-state index is 13.6. The molecule has 0 heterocycles. The van der Waals surface area contributed by atoms with E-state index in [0.29, 0.717) is 19.5 Å². The smallest absolute Gasteiger partial charge is 0.255 e. The van der Waals surface area contributed by atoms with Crippen molar-refractivity contribution in [3.8, 4) is 0 Å². The van der Waals surface area contributed by atoms with Crippen LogP contribution in [0.4, 0.5) is 10.1 Å². The molecule has 1 N–H and O–H groups in total. The van der Waals surface area contributed by atoms with E-state index in [4.69, 9.17) is 11.6 Å². The maximum absolute atomic E-state index is 13.6. The maximum Gasteiger partial charge on any atom is 0.255 e. The van der Waals surface area contributed by atoms with Gasteiger partial charge in [-0.3, -0.25) is 4.79 Å². The van der Waals surface area contributed by atoms with Gasteiger partial charge in [0.25, 0.3) is 5.91 Å². The third-order valence-corrected chi connectivity index (χ3v) is 3.66. The van der Waals surface area contributed by atoms with Crippen molar-refractivity contribution in [2.75, 3.05) is 5.32 Å². The van der Waals surface area contributed by atoms with Gasteiger partial charge in [-0.05, 0) is 46.3 Å². The zero-order valence-electron chi connectivity index (χ0n) is 9.38. The molecule has 0 bridgehead atoms. The third kappa shape index (κ3) is 3.55. The lowest BCUT2D eigenvalue weighted by atomic mass is 10.2. The van der Waals surface area contributed by atoms with Crippen LogP contribution in [-0.2, 0) is 0 Å². The van der Waals surface area contributed by atoms with Gasteiger partial charge < -0.3 is 5.32 Å². The molecule has 1 amide bonds. The first kappa shape index (κ1) is 14.5. The average Bonchev–Trinajstić information content (AvgIpc) is 2.32. The number of anilines is 1. The number of rotatable bonds is 2. The fourth-order valence-corrected chi connectivity index (χ4v) is 2.79. The Balaban J connectivity index is 2.31. The first-order valence-corrected chi connectivity index (χ1v) is 7.15. The zero-order valence-corrected chi connectivity index (χ0v) is 13.3. The van der Waals surface area contributed by atoms with Crippen LogP contribution in [0.25, 0.3) is 0 Å². The molecule has 0 fully saturated rings. The van der Waals surface area contributed by atoms with Gasteiger partial charge in [0.1, 0.15) is 5.82 Å². The first-order valence-electron chi connectivity index (χ1n) is 5.19. The number of amides is 1. The van der Waals surface area contributed by atoms with E-state index in [9.17, 15) is 9.18 Å². The summed E-state index contributed by atoms with van der Waals surface area (Å²) >= 11 is 12.3. The van der Waals surface area contributed by atoms with Crippen molar-refractivity contribution in [3.05, 3.63) is 61.7 Å². The molecule has 0 aromatic heterocycles. The van der Waals surface area contributed by atoms with Crippen LogP contribution in [0.3, 0.4) is 0 Å². The second kappa shape index (κ2) is 6.03. The van der Waals surface area contributed by atoms with Gasteiger partial charge in [0, 0.05) is 19.5 Å². The highest BCUT2D eigenvalue weighted by Gasteiger charge is 2.13. The molecule has 0 aliphatic carbocycles. The summed E-state index contributed by atoms with van der Waals surface area (Å²) in [5.41, 5.74) is 0.443. The summed E-state index contributed by atoms with van der Waals surface area (Å²) in [5, 5.41) is 2.93. The molecule has 0 aliphatic heterocycles. The van der Waals surface area contributed by atoms with Crippen LogP contribution in [0.15, 0.2) is 45.3 Å². The highest BCUT2D eigenvalue weighted by atomic mass is 79.9. The molecule has 2 aromatic rings. The van der Waals surface area contributed by atoms with Gasteiger partial charge in [-0.1, -0.05) is 33.6 Å². The van der Waals surface area contributed by atoms with Crippen LogP contribution in [-0.4, -0.2) is 5.91 Å². The topological polar surface area (TPSA) is 29.1 Å². The summed E-state index contributed by atoms with van der Waals surface area (Å²) in [4.78, 5) is 12.0. The Bertz CT molecular complexity index is 608. The van der Waals surface area contributed by atoms with Crippen molar-refractivity contribution in [2.24, 2.45) is 0 Å². The number of halogens is 4. The second-order valence-corrected chi connectivity index (χ2v) is 5.92. The van der Waals surface area contributed by atoms with Crippen LogP contribution in [0.1, 0.15) is 10.4 Å². The molecule has 0 spiro atoms. The summed E-state index contributed by atoms with van der Waals surface area (Å²) in [6.45, 7) is 0. The number of carbonyl (C=O) groups excluding carboxylic acids is 1. The van der Waals surface area contributed by atoms with Crippen LogP contribution in [0.5, 0.6) is 0 Å². The molecule has 0 atom stereocenters. The number of carbonyl (C=O) groups is 1. The predicted octanol–water partition coefficient (Wildman–Crippen LogP) is 5.26. The Morgan fingerprint density at radius 3 is 2.58 bits per heavy atom. The van der Waals surface area contributed by atoms with Crippen LogP contribution in [0, 0.1) is 5.82 Å². The van der Waals surface area contributed by atoms with E-state index in [2.05, 4.69) is 37.2 Å². The molecule has 6 heteroatoms. The van der Waals surface area contributed by atoms with E-state index < -0.39 is 11.7 Å². The van der Waals surface area contributed by atoms with E-state index in [1.54, 1.807) is 24.3 Å². The minimum absolute atomic E-state index is 0.101. The Morgan fingerprint density at radius 1 is 1.21 bits per heavy atom. The van der Waals surface area contributed by atoms with E-state index in [1.165, 1.54) is 12.1 Å². The SMILES string of the molecule is O=C(Nc1c(F)cccc1Br)c1cc(Cl)cc(Br)c1. The standard InChI is InChI=1S/C13H7Br2ClFNO/c14-8-4-7(5-9(16)6-8)13(19)18-12-10(15)2-1-3-11(12)17/h1-6H,(H,18,19). The minimum atomic E-state index is -0.510. The van der Waals surface area contributed by atoms with E-state index in [-0.39, 0.29) is 5.69 Å². The zero-order chi connectivity index (χ0) is 14.0. The molecule has 0 unspecified atom stereocenters. The normalized spacial score (nSPS) is 10.3. The summed E-state index contributed by atoms with van der Waals surface area (Å²) in [6.07, 6.45) is 0.